The lowest BCUT2D eigenvalue weighted by Crippen LogP contribution is -2.36. The van der Waals surface area contributed by atoms with Crippen LogP contribution in [0.4, 0.5) is 11.4 Å². The highest BCUT2D eigenvalue weighted by molar-refractivity contribution is 5.72. The standard InChI is InChI=1S/C12H12N4/c1-12(8-14)6-9(7-13)15-10-4-2-3-5-11(10)16-12/h2-5,9,15-16H,6H2,1H3. The van der Waals surface area contributed by atoms with Gasteiger partial charge in [0.2, 0.25) is 0 Å². The molecule has 0 fully saturated rings. The molecule has 0 saturated heterocycles. The smallest absolute Gasteiger partial charge is 0.125 e. The van der Waals surface area contributed by atoms with Crippen LogP contribution in [0.2, 0.25) is 0 Å². The van der Waals surface area contributed by atoms with Gasteiger partial charge in [-0.15, -0.1) is 0 Å². The molecule has 1 aliphatic rings. The number of rotatable bonds is 0. The fraction of sp³-hybridized carbons (Fsp3) is 0.333. The van der Waals surface area contributed by atoms with E-state index in [-0.39, 0.29) is 6.04 Å². The van der Waals surface area contributed by atoms with Crippen LogP contribution in [0.3, 0.4) is 0 Å². The van der Waals surface area contributed by atoms with Crippen LogP contribution in [0, 0.1) is 22.7 Å². The maximum absolute atomic E-state index is 9.16. The fourth-order valence-electron chi connectivity index (χ4n) is 1.86. The van der Waals surface area contributed by atoms with Gasteiger partial charge in [0.1, 0.15) is 11.6 Å². The molecule has 4 nitrogen and oxygen atoms in total. The molecular weight excluding hydrogens is 200 g/mol. The van der Waals surface area contributed by atoms with Gasteiger partial charge in [-0.25, -0.2) is 0 Å². The van der Waals surface area contributed by atoms with Gasteiger partial charge in [-0.05, 0) is 19.1 Å². The van der Waals surface area contributed by atoms with Gasteiger partial charge in [0.05, 0.1) is 23.5 Å². The molecule has 1 heterocycles. The van der Waals surface area contributed by atoms with Gasteiger partial charge in [0, 0.05) is 6.42 Å². The number of fused-ring (bicyclic) bond motifs is 1. The third kappa shape index (κ3) is 1.78. The Hall–Kier alpha value is -2.20. The first-order valence-electron chi connectivity index (χ1n) is 5.11. The van der Waals surface area contributed by atoms with Gasteiger partial charge in [-0.1, -0.05) is 12.1 Å². The predicted octanol–water partition coefficient (Wildman–Crippen LogP) is 2.09. The number of hydrogen-bond acceptors (Lipinski definition) is 4. The van der Waals surface area contributed by atoms with E-state index in [0.29, 0.717) is 6.42 Å². The highest BCUT2D eigenvalue weighted by atomic mass is 15.1. The van der Waals surface area contributed by atoms with E-state index in [1.807, 2.05) is 24.3 Å². The van der Waals surface area contributed by atoms with E-state index < -0.39 is 5.54 Å². The van der Waals surface area contributed by atoms with Crippen molar-refractivity contribution in [1.29, 1.82) is 10.5 Å². The van der Waals surface area contributed by atoms with Crippen molar-refractivity contribution in [3.63, 3.8) is 0 Å². The second kappa shape index (κ2) is 3.75. The van der Waals surface area contributed by atoms with Gasteiger partial charge >= 0.3 is 0 Å². The maximum atomic E-state index is 9.16. The average molecular weight is 212 g/mol. The van der Waals surface area contributed by atoms with Crippen molar-refractivity contribution in [2.24, 2.45) is 0 Å². The Bertz CT molecular complexity index is 483. The Morgan fingerprint density at radius 1 is 1.31 bits per heavy atom. The van der Waals surface area contributed by atoms with Crippen LogP contribution in [0.1, 0.15) is 13.3 Å². The SMILES string of the molecule is CC1(C#N)CC(C#N)Nc2ccccc2N1. The maximum Gasteiger partial charge on any atom is 0.125 e. The van der Waals surface area contributed by atoms with Crippen LogP contribution in [0.5, 0.6) is 0 Å². The minimum Gasteiger partial charge on any atom is -0.368 e. The molecule has 1 aromatic carbocycles. The number of nitriles is 2. The van der Waals surface area contributed by atoms with Crippen molar-refractivity contribution >= 4 is 11.4 Å². The normalized spacial score (nSPS) is 27.3. The van der Waals surface area contributed by atoms with Crippen LogP contribution in [0.25, 0.3) is 0 Å². The van der Waals surface area contributed by atoms with E-state index in [1.165, 1.54) is 0 Å². The van der Waals surface area contributed by atoms with Crippen LogP contribution in [-0.2, 0) is 0 Å². The summed E-state index contributed by atoms with van der Waals surface area (Å²) in [6.07, 6.45) is 0.453. The van der Waals surface area contributed by atoms with Crippen LogP contribution < -0.4 is 10.6 Å². The Balaban J connectivity index is 2.44. The number of nitrogens with one attached hydrogen (secondary N) is 2. The fourth-order valence-corrected chi connectivity index (χ4v) is 1.86. The molecule has 1 aromatic rings. The molecule has 0 radical (unpaired) electrons. The minimum absolute atomic E-state index is 0.346. The molecule has 4 heteroatoms. The summed E-state index contributed by atoms with van der Waals surface area (Å²) in [5.74, 6) is 0. The van der Waals surface area contributed by atoms with Crippen molar-refractivity contribution in [2.45, 2.75) is 24.9 Å². The molecule has 0 saturated carbocycles. The van der Waals surface area contributed by atoms with E-state index in [2.05, 4.69) is 22.8 Å². The number of nitrogens with zero attached hydrogens (tertiary/aromatic N) is 2. The monoisotopic (exact) mass is 212 g/mol. The third-order valence-electron chi connectivity index (χ3n) is 2.68. The van der Waals surface area contributed by atoms with Crippen molar-refractivity contribution in [3.8, 4) is 12.1 Å². The van der Waals surface area contributed by atoms with E-state index in [9.17, 15) is 0 Å². The van der Waals surface area contributed by atoms with E-state index in [1.54, 1.807) is 6.92 Å². The van der Waals surface area contributed by atoms with E-state index in [0.717, 1.165) is 11.4 Å². The summed E-state index contributed by atoms with van der Waals surface area (Å²) in [7, 11) is 0. The Kier molecular flexibility index (Phi) is 2.42. The number of anilines is 2. The zero-order valence-electron chi connectivity index (χ0n) is 8.99. The summed E-state index contributed by atoms with van der Waals surface area (Å²) in [4.78, 5) is 0. The second-order valence-corrected chi connectivity index (χ2v) is 4.14. The number of para-hydroxylation sites is 2. The molecule has 0 amide bonds. The molecule has 2 unspecified atom stereocenters. The van der Waals surface area contributed by atoms with E-state index >= 15 is 0 Å². The van der Waals surface area contributed by atoms with Gasteiger partial charge in [0.25, 0.3) is 0 Å². The Morgan fingerprint density at radius 3 is 2.62 bits per heavy atom. The van der Waals surface area contributed by atoms with Crippen LogP contribution in [-0.4, -0.2) is 11.6 Å². The zero-order chi connectivity index (χ0) is 11.6. The highest BCUT2D eigenvalue weighted by Gasteiger charge is 2.31. The summed E-state index contributed by atoms with van der Waals surface area (Å²) in [6.45, 7) is 1.81. The Morgan fingerprint density at radius 2 is 2.00 bits per heavy atom. The second-order valence-electron chi connectivity index (χ2n) is 4.14. The molecular formula is C12H12N4. The average Bonchev–Trinajstić information content (AvgIpc) is 2.45. The molecule has 16 heavy (non-hydrogen) atoms. The highest BCUT2D eigenvalue weighted by Crippen LogP contribution is 2.31. The molecule has 2 atom stereocenters. The van der Waals surface area contributed by atoms with E-state index in [4.69, 9.17) is 10.5 Å². The van der Waals surface area contributed by atoms with Crippen molar-refractivity contribution in [3.05, 3.63) is 24.3 Å². The summed E-state index contributed by atoms with van der Waals surface area (Å²) < 4.78 is 0. The first kappa shape index (κ1) is 10.3. The molecule has 2 N–H and O–H groups in total. The summed E-state index contributed by atoms with van der Waals surface area (Å²) in [6, 6.07) is 11.6. The minimum atomic E-state index is -0.708. The summed E-state index contributed by atoms with van der Waals surface area (Å²) in [5, 5.41) is 24.5. The zero-order valence-corrected chi connectivity index (χ0v) is 8.99. The number of hydrogen-bond donors (Lipinski definition) is 2. The third-order valence-corrected chi connectivity index (χ3v) is 2.68. The number of benzene rings is 1. The predicted molar refractivity (Wildman–Crippen MR) is 61.7 cm³/mol. The van der Waals surface area contributed by atoms with Crippen LogP contribution in [0.15, 0.2) is 24.3 Å². The lowest BCUT2D eigenvalue weighted by molar-refractivity contribution is 0.579. The topological polar surface area (TPSA) is 71.6 Å². The molecule has 1 aliphatic heterocycles. The molecule has 0 aliphatic carbocycles. The van der Waals surface area contributed by atoms with Gasteiger partial charge in [-0.2, -0.15) is 10.5 Å². The van der Waals surface area contributed by atoms with Gasteiger partial charge in [-0.3, -0.25) is 0 Å². The summed E-state index contributed by atoms with van der Waals surface area (Å²) in [5.41, 5.74) is 1.03. The molecule has 80 valence electrons. The molecule has 0 bridgehead atoms. The first-order chi connectivity index (χ1) is 7.67. The Labute approximate surface area is 94.5 Å². The van der Waals surface area contributed by atoms with Crippen molar-refractivity contribution < 1.29 is 0 Å². The molecule has 2 rings (SSSR count). The lowest BCUT2D eigenvalue weighted by Gasteiger charge is -2.22. The quantitative estimate of drug-likeness (QED) is 0.690. The van der Waals surface area contributed by atoms with Crippen LogP contribution >= 0.6 is 0 Å². The summed E-state index contributed by atoms with van der Waals surface area (Å²) >= 11 is 0. The van der Waals surface area contributed by atoms with Gasteiger partial charge in [0.15, 0.2) is 0 Å². The van der Waals surface area contributed by atoms with Crippen molar-refractivity contribution in [1.82, 2.24) is 0 Å². The largest absolute Gasteiger partial charge is 0.368 e. The molecule has 0 spiro atoms. The van der Waals surface area contributed by atoms with Gasteiger partial charge < -0.3 is 10.6 Å². The molecule has 0 aromatic heterocycles. The van der Waals surface area contributed by atoms with Crippen molar-refractivity contribution in [2.75, 3.05) is 10.6 Å². The first-order valence-corrected chi connectivity index (χ1v) is 5.11. The lowest BCUT2D eigenvalue weighted by atomic mass is 9.96.